The highest BCUT2D eigenvalue weighted by molar-refractivity contribution is 5.77. The molecule has 3 rings (SSSR count). The third-order valence-electron chi connectivity index (χ3n) is 5.04. The quantitative estimate of drug-likeness (QED) is 0.863. The predicted molar refractivity (Wildman–Crippen MR) is 83.8 cm³/mol. The van der Waals surface area contributed by atoms with Crippen LogP contribution in [-0.2, 0) is 16.1 Å². The molecule has 0 aliphatic carbocycles. The number of ether oxygens (including phenoxy) is 1. The second kappa shape index (κ2) is 5.54. The fourth-order valence-electron chi connectivity index (χ4n) is 3.43. The molecule has 5 nitrogen and oxygen atoms in total. The van der Waals surface area contributed by atoms with E-state index in [9.17, 15) is 9.59 Å². The Hall–Kier alpha value is -1.62. The maximum absolute atomic E-state index is 12.5. The van der Waals surface area contributed by atoms with Gasteiger partial charge in [-0.2, -0.15) is 0 Å². The smallest absolute Gasteiger partial charge is 0.324 e. The summed E-state index contributed by atoms with van der Waals surface area (Å²) in [6.07, 6.45) is 1.71. The minimum atomic E-state index is -0.445. The number of nitrogens with zero attached hydrogens (tertiary/aromatic N) is 1. The molecule has 1 N–H and O–H groups in total. The van der Waals surface area contributed by atoms with Gasteiger partial charge in [0.15, 0.2) is 0 Å². The number of nitrogens with one attached hydrogen (secondary N) is 1. The molecule has 1 unspecified atom stereocenters. The van der Waals surface area contributed by atoms with E-state index in [-0.39, 0.29) is 23.5 Å². The van der Waals surface area contributed by atoms with Crippen molar-refractivity contribution in [1.82, 2.24) is 9.88 Å². The molecule has 0 amide bonds. The second-order valence-corrected chi connectivity index (χ2v) is 7.01. The van der Waals surface area contributed by atoms with E-state index >= 15 is 0 Å². The summed E-state index contributed by atoms with van der Waals surface area (Å²) in [5, 5.41) is 3.34. The van der Waals surface area contributed by atoms with E-state index in [1.54, 1.807) is 6.07 Å². The Morgan fingerprint density at radius 2 is 2.23 bits per heavy atom. The molecule has 0 radical (unpaired) electrons. The molecule has 2 aliphatic heterocycles. The van der Waals surface area contributed by atoms with Crippen LogP contribution in [0, 0.1) is 5.92 Å². The summed E-state index contributed by atoms with van der Waals surface area (Å²) < 4.78 is 7.47. The van der Waals surface area contributed by atoms with Crippen molar-refractivity contribution in [2.75, 3.05) is 6.54 Å². The molecule has 0 aromatic carbocycles. The fourth-order valence-corrected chi connectivity index (χ4v) is 3.43. The lowest BCUT2D eigenvalue weighted by molar-refractivity contribution is -0.162. The van der Waals surface area contributed by atoms with Crippen molar-refractivity contribution in [1.29, 1.82) is 0 Å². The summed E-state index contributed by atoms with van der Waals surface area (Å²) in [5.74, 6) is 0.227. The number of aromatic nitrogens is 1. The second-order valence-electron chi connectivity index (χ2n) is 7.01. The highest BCUT2D eigenvalue weighted by Gasteiger charge is 2.41. The molecule has 3 atom stereocenters. The topological polar surface area (TPSA) is 60.3 Å². The normalized spacial score (nSPS) is 27.1. The highest BCUT2D eigenvalue weighted by atomic mass is 16.6. The third-order valence-corrected chi connectivity index (χ3v) is 5.04. The Morgan fingerprint density at radius 3 is 2.95 bits per heavy atom. The van der Waals surface area contributed by atoms with Crippen molar-refractivity contribution in [2.24, 2.45) is 5.92 Å². The van der Waals surface area contributed by atoms with Gasteiger partial charge in [-0.3, -0.25) is 9.59 Å². The van der Waals surface area contributed by atoms with Gasteiger partial charge in [-0.15, -0.1) is 0 Å². The van der Waals surface area contributed by atoms with Gasteiger partial charge in [0.25, 0.3) is 5.56 Å². The van der Waals surface area contributed by atoms with Crippen molar-refractivity contribution >= 4 is 5.97 Å². The fraction of sp³-hybridized carbons (Fsp3) is 0.647. The summed E-state index contributed by atoms with van der Waals surface area (Å²) in [6.45, 7) is 7.17. The van der Waals surface area contributed by atoms with E-state index in [1.165, 1.54) is 0 Å². The largest absolute Gasteiger partial charge is 0.459 e. The van der Waals surface area contributed by atoms with Gasteiger partial charge in [0.1, 0.15) is 11.6 Å². The molecule has 1 aromatic rings. The monoisotopic (exact) mass is 304 g/mol. The van der Waals surface area contributed by atoms with Crippen molar-refractivity contribution in [2.45, 2.75) is 57.7 Å². The number of piperidine rings is 1. The van der Waals surface area contributed by atoms with Crippen LogP contribution in [-0.4, -0.2) is 28.7 Å². The minimum absolute atomic E-state index is 0.0232. The Morgan fingerprint density at radius 1 is 1.45 bits per heavy atom. The standard InChI is InChI=1S/C17H24N2O3/c1-4-17(2,3)22-16(21)15-12-8-11(9-18-15)13-6-5-7-14(20)19(13)10-12/h5-7,11-12,15,18H,4,8-10H2,1-3H3/t11-,12-,15?/m1/s1. The predicted octanol–water partition coefficient (Wildman–Crippen LogP) is 1.66. The van der Waals surface area contributed by atoms with E-state index in [4.69, 9.17) is 4.74 Å². The van der Waals surface area contributed by atoms with E-state index in [1.807, 2.05) is 37.5 Å². The number of esters is 1. The molecule has 1 saturated heterocycles. The Kier molecular flexibility index (Phi) is 3.85. The summed E-state index contributed by atoms with van der Waals surface area (Å²) in [7, 11) is 0. The first-order valence-corrected chi connectivity index (χ1v) is 8.07. The van der Waals surface area contributed by atoms with Crippen molar-refractivity contribution < 1.29 is 9.53 Å². The van der Waals surface area contributed by atoms with Crippen LogP contribution in [0.3, 0.4) is 0 Å². The first-order valence-electron chi connectivity index (χ1n) is 8.07. The molecule has 22 heavy (non-hydrogen) atoms. The lowest BCUT2D eigenvalue weighted by atomic mass is 9.79. The van der Waals surface area contributed by atoms with Gasteiger partial charge < -0.3 is 14.6 Å². The zero-order valence-corrected chi connectivity index (χ0v) is 13.5. The lowest BCUT2D eigenvalue weighted by Crippen LogP contribution is -2.55. The zero-order valence-electron chi connectivity index (χ0n) is 13.5. The maximum Gasteiger partial charge on any atom is 0.324 e. The van der Waals surface area contributed by atoms with Gasteiger partial charge in [0.2, 0.25) is 0 Å². The van der Waals surface area contributed by atoms with Crippen LogP contribution in [0.1, 0.15) is 45.2 Å². The van der Waals surface area contributed by atoms with E-state index in [0.717, 1.165) is 18.5 Å². The molecule has 2 bridgehead atoms. The molecule has 0 saturated carbocycles. The highest BCUT2D eigenvalue weighted by Crippen LogP contribution is 2.35. The van der Waals surface area contributed by atoms with Gasteiger partial charge in [0, 0.05) is 36.7 Å². The minimum Gasteiger partial charge on any atom is -0.459 e. The Balaban J connectivity index is 1.81. The Bertz CT molecular complexity index is 635. The number of hydrogen-bond donors (Lipinski definition) is 1. The van der Waals surface area contributed by atoms with Crippen molar-refractivity contribution in [3.63, 3.8) is 0 Å². The molecule has 0 spiro atoms. The van der Waals surface area contributed by atoms with Gasteiger partial charge in [0.05, 0.1) is 0 Å². The first-order chi connectivity index (χ1) is 10.4. The molecule has 5 heteroatoms. The van der Waals surface area contributed by atoms with Gasteiger partial charge in [-0.25, -0.2) is 0 Å². The Labute approximate surface area is 130 Å². The van der Waals surface area contributed by atoms with Crippen LogP contribution in [0.2, 0.25) is 0 Å². The summed E-state index contributed by atoms with van der Waals surface area (Å²) in [6, 6.07) is 5.11. The first kappa shape index (κ1) is 15.3. The maximum atomic E-state index is 12.5. The van der Waals surface area contributed by atoms with E-state index < -0.39 is 5.60 Å². The number of pyridine rings is 1. The van der Waals surface area contributed by atoms with Gasteiger partial charge >= 0.3 is 5.97 Å². The summed E-state index contributed by atoms with van der Waals surface area (Å²) in [5.41, 5.74) is 0.658. The zero-order chi connectivity index (χ0) is 15.9. The number of carbonyl (C=O) groups is 1. The lowest BCUT2D eigenvalue weighted by Gasteiger charge is -2.42. The molecule has 1 fully saturated rings. The molecule has 2 aliphatic rings. The summed E-state index contributed by atoms with van der Waals surface area (Å²) >= 11 is 0. The van der Waals surface area contributed by atoms with Crippen LogP contribution in [0.5, 0.6) is 0 Å². The van der Waals surface area contributed by atoms with Gasteiger partial charge in [-0.05, 0) is 32.8 Å². The number of hydrogen-bond acceptors (Lipinski definition) is 4. The molecule has 1 aromatic heterocycles. The average molecular weight is 304 g/mol. The number of fused-ring (bicyclic) bond motifs is 4. The number of carbonyl (C=O) groups excluding carboxylic acids is 1. The van der Waals surface area contributed by atoms with E-state index in [2.05, 4.69) is 5.32 Å². The van der Waals surface area contributed by atoms with Crippen molar-refractivity contribution in [3.05, 3.63) is 34.2 Å². The third kappa shape index (κ3) is 2.70. The van der Waals surface area contributed by atoms with Crippen LogP contribution in [0.15, 0.2) is 23.0 Å². The van der Waals surface area contributed by atoms with Crippen LogP contribution >= 0.6 is 0 Å². The van der Waals surface area contributed by atoms with Crippen LogP contribution in [0.25, 0.3) is 0 Å². The van der Waals surface area contributed by atoms with Crippen molar-refractivity contribution in [3.8, 4) is 0 Å². The average Bonchev–Trinajstić information content (AvgIpc) is 2.48. The molecule has 120 valence electrons. The SMILES string of the molecule is CCC(C)(C)OC(=O)C1NC[C@H]2C[C@@H]1Cn1c2cccc1=O. The molecular formula is C17H24N2O3. The molecule has 3 heterocycles. The van der Waals surface area contributed by atoms with E-state index in [0.29, 0.717) is 19.0 Å². The number of rotatable bonds is 3. The summed E-state index contributed by atoms with van der Waals surface area (Å²) in [4.78, 5) is 24.6. The van der Waals surface area contributed by atoms with Crippen LogP contribution < -0.4 is 10.9 Å². The van der Waals surface area contributed by atoms with Crippen LogP contribution in [0.4, 0.5) is 0 Å². The van der Waals surface area contributed by atoms with Gasteiger partial charge in [-0.1, -0.05) is 13.0 Å². The molecular weight excluding hydrogens is 280 g/mol.